The summed E-state index contributed by atoms with van der Waals surface area (Å²) in [6.07, 6.45) is 0. The molecule has 0 atom stereocenters. The van der Waals surface area contributed by atoms with Crippen LogP contribution < -0.4 is 0 Å². The summed E-state index contributed by atoms with van der Waals surface area (Å²) in [6.45, 7) is 13.3. The molecule has 0 bridgehead atoms. The van der Waals surface area contributed by atoms with Crippen molar-refractivity contribution in [3.8, 4) is 66.8 Å². The van der Waals surface area contributed by atoms with Crippen molar-refractivity contribution < 1.29 is 4.79 Å². The molecule has 0 unspecified atom stereocenters. The molecule has 0 N–H and O–H groups in total. The van der Waals surface area contributed by atoms with Gasteiger partial charge in [0.1, 0.15) is 0 Å². The van der Waals surface area contributed by atoms with Crippen LogP contribution in [0.2, 0.25) is 0 Å². The van der Waals surface area contributed by atoms with Crippen LogP contribution in [-0.2, 0) is 0 Å². The summed E-state index contributed by atoms with van der Waals surface area (Å²) < 4.78 is 0. The third-order valence-electron chi connectivity index (χ3n) is 15.1. The van der Waals surface area contributed by atoms with Crippen LogP contribution in [0.1, 0.15) is 44.5 Å². The van der Waals surface area contributed by atoms with Crippen molar-refractivity contribution in [1.82, 2.24) is 0 Å². The molecule has 2 heteroatoms. The third kappa shape index (κ3) is 7.85. The summed E-state index contributed by atoms with van der Waals surface area (Å²) in [5.41, 5.74) is 35.6. The Bertz CT molecular complexity index is 3700. The number of aryl methyl sites for hydroxylation is 6. The van der Waals surface area contributed by atoms with E-state index in [1.807, 2.05) is 0 Å². The van der Waals surface area contributed by atoms with Crippen molar-refractivity contribution in [1.29, 1.82) is 0 Å². The highest BCUT2D eigenvalue weighted by Gasteiger charge is 2.32. The summed E-state index contributed by atoms with van der Waals surface area (Å²) >= 11 is 0. The minimum absolute atomic E-state index is 0.517. The molecule has 73 heavy (non-hydrogen) atoms. The van der Waals surface area contributed by atoms with Gasteiger partial charge in [0.05, 0.1) is 11.1 Å². The predicted molar refractivity (Wildman–Crippen MR) is 311 cm³/mol. The van der Waals surface area contributed by atoms with Crippen molar-refractivity contribution in [2.24, 2.45) is 0 Å². The molecule has 0 amide bonds. The normalized spacial score (nSPS) is 11.4. The van der Waals surface area contributed by atoms with E-state index < -0.39 is 0 Å². The average Bonchev–Trinajstić information content (AvgIpc) is 3.41. The van der Waals surface area contributed by atoms with Gasteiger partial charge in [-0.2, -0.15) is 4.79 Å². The molecule has 0 aliphatic heterocycles. The van der Waals surface area contributed by atoms with Crippen molar-refractivity contribution in [2.45, 2.75) is 41.5 Å². The molecule has 0 heterocycles. The molecule has 0 fully saturated rings. The Hall–Kier alpha value is -8.94. The highest BCUT2D eigenvalue weighted by Crippen LogP contribution is 2.49. The first kappa shape index (κ1) is 45.2. The largest absolute Gasteiger partial charge is 0.361 e. The monoisotopic (exact) mass is 934 g/mol. The average molecular weight is 935 g/mol. The van der Waals surface area contributed by atoms with Gasteiger partial charge >= 0.3 is 5.71 Å². The van der Waals surface area contributed by atoms with Crippen molar-refractivity contribution >= 4 is 48.8 Å². The van der Waals surface area contributed by atoms with E-state index in [0.717, 1.165) is 98.7 Å². The smallest absolute Gasteiger partial charge is 0.332 e. The van der Waals surface area contributed by atoms with Gasteiger partial charge in [-0.15, -0.1) is 0 Å². The zero-order valence-corrected chi connectivity index (χ0v) is 42.2. The predicted octanol–water partition coefficient (Wildman–Crippen LogP) is 19.2. The molecule has 348 valence electrons. The molecular formula is C71H54N2. The van der Waals surface area contributed by atoms with Crippen molar-refractivity contribution in [2.75, 3.05) is 0 Å². The molecule has 0 aromatic heterocycles. The second kappa shape index (κ2) is 18.3. The van der Waals surface area contributed by atoms with E-state index in [9.17, 15) is 5.53 Å². The number of rotatable bonds is 8. The highest BCUT2D eigenvalue weighted by molar-refractivity contribution is 6.36. The van der Waals surface area contributed by atoms with Crippen LogP contribution in [0.5, 0.6) is 0 Å². The van der Waals surface area contributed by atoms with Crippen molar-refractivity contribution in [3.63, 3.8) is 0 Å². The van der Waals surface area contributed by atoms with Gasteiger partial charge in [0.15, 0.2) is 0 Å². The Morgan fingerprint density at radius 1 is 0.260 bits per heavy atom. The van der Waals surface area contributed by atoms with Gasteiger partial charge in [-0.05, 0) is 198 Å². The molecule has 2 nitrogen and oxygen atoms in total. The molecule has 12 rings (SSSR count). The van der Waals surface area contributed by atoms with Gasteiger partial charge in [0.2, 0.25) is 0 Å². The van der Waals surface area contributed by atoms with Crippen LogP contribution in [-0.4, -0.2) is 10.5 Å². The molecule has 0 spiro atoms. The molecule has 0 aliphatic carbocycles. The number of fused-ring (bicyclic) bond motifs is 4. The first-order valence-corrected chi connectivity index (χ1v) is 25.3. The van der Waals surface area contributed by atoms with Crippen LogP contribution in [0.4, 0.5) is 0 Å². The van der Waals surface area contributed by atoms with Crippen LogP contribution in [0, 0.1) is 41.5 Å². The van der Waals surface area contributed by atoms with Gasteiger partial charge in [-0.25, -0.2) is 0 Å². The van der Waals surface area contributed by atoms with E-state index in [2.05, 4.69) is 265 Å². The summed E-state index contributed by atoms with van der Waals surface area (Å²) in [5, 5.41) is 8.42. The fraction of sp³-hybridized carbons (Fsp3) is 0.0845. The van der Waals surface area contributed by atoms with Gasteiger partial charge in [0, 0.05) is 0 Å². The third-order valence-corrected chi connectivity index (χ3v) is 15.1. The zero-order valence-electron chi connectivity index (χ0n) is 42.2. The lowest BCUT2D eigenvalue weighted by Gasteiger charge is -2.22. The maximum atomic E-state index is 12.4. The fourth-order valence-corrected chi connectivity index (χ4v) is 12.1. The Morgan fingerprint density at radius 2 is 0.507 bits per heavy atom. The Morgan fingerprint density at radius 3 is 0.740 bits per heavy atom. The second-order valence-corrected chi connectivity index (χ2v) is 20.0. The molecule has 0 aliphatic rings. The Labute approximate surface area is 428 Å². The number of hydrogen-bond donors (Lipinski definition) is 0. The van der Waals surface area contributed by atoms with Crippen LogP contribution in [0.25, 0.3) is 115 Å². The van der Waals surface area contributed by atoms with Crippen LogP contribution in [0.15, 0.2) is 218 Å². The van der Waals surface area contributed by atoms with Gasteiger partial charge < -0.3 is 5.53 Å². The second-order valence-electron chi connectivity index (χ2n) is 20.0. The van der Waals surface area contributed by atoms with E-state index in [4.69, 9.17) is 0 Å². The van der Waals surface area contributed by atoms with E-state index in [-0.39, 0.29) is 0 Å². The number of hydrogen-bond acceptors (Lipinski definition) is 0. The summed E-state index contributed by atoms with van der Waals surface area (Å²) in [6, 6.07) is 79.3. The van der Waals surface area contributed by atoms with E-state index in [0.29, 0.717) is 5.71 Å². The van der Waals surface area contributed by atoms with Crippen molar-refractivity contribution in [3.05, 3.63) is 268 Å². The lowest BCUT2D eigenvalue weighted by atomic mass is 9.78. The van der Waals surface area contributed by atoms with E-state index >= 15 is 0 Å². The first-order chi connectivity index (χ1) is 35.6. The maximum absolute atomic E-state index is 12.4. The molecule has 12 aromatic rings. The minimum Gasteiger partial charge on any atom is -0.361 e. The molecule has 0 saturated heterocycles. The first-order valence-electron chi connectivity index (χ1n) is 25.3. The van der Waals surface area contributed by atoms with Crippen LogP contribution >= 0.6 is 0 Å². The van der Waals surface area contributed by atoms with E-state index in [1.54, 1.807) is 0 Å². The Balaban J connectivity index is 1.31. The topological polar surface area (TPSA) is 36.4 Å². The SMILES string of the molecule is Cc1cc(C)c(-c2c3ccc(-c4ccccc4)cc3c(C(=[N+]=[N-])c3c4cc(-c5ccccc5)ccc4c(-c4c(C)cc(C)cc4C)c4ccc(-c5ccccc5)cc34)c3cc(-c4ccccc4)ccc23)c(C)c1. The molecular weight excluding hydrogens is 881 g/mol. The lowest BCUT2D eigenvalue weighted by molar-refractivity contribution is -0.00233. The zero-order chi connectivity index (χ0) is 49.9. The Kier molecular flexibility index (Phi) is 11.4. The fourth-order valence-electron chi connectivity index (χ4n) is 12.1. The quantitative estimate of drug-likeness (QED) is 0.0630. The van der Waals surface area contributed by atoms with E-state index in [1.165, 1.54) is 55.6 Å². The van der Waals surface area contributed by atoms with Gasteiger partial charge in [0.25, 0.3) is 0 Å². The number of benzene rings is 12. The molecule has 12 aromatic carbocycles. The molecule has 0 saturated carbocycles. The minimum atomic E-state index is 0.517. The van der Waals surface area contributed by atoms with Crippen LogP contribution in [0.3, 0.4) is 0 Å². The highest BCUT2D eigenvalue weighted by atomic mass is 14.9. The molecule has 0 radical (unpaired) electrons. The summed E-state index contributed by atoms with van der Waals surface area (Å²) in [5.74, 6) is 0. The van der Waals surface area contributed by atoms with Gasteiger partial charge in [-0.1, -0.05) is 205 Å². The summed E-state index contributed by atoms with van der Waals surface area (Å²) in [7, 11) is 0. The van der Waals surface area contributed by atoms with Gasteiger partial charge in [-0.3, -0.25) is 0 Å². The lowest BCUT2D eigenvalue weighted by Crippen LogP contribution is -2.11. The summed E-state index contributed by atoms with van der Waals surface area (Å²) in [4.78, 5) is 4.65. The standard InChI is InChI=1S/C71H54N2/c1-43-35-45(3)65(46(4)36-43)67-57-31-27-53(49-19-11-7-12-20-49)39-61(57)69(62-40-54(28-32-58(62)67)50-21-13-8-14-22-50)71(73-72)70-63-41-55(51-23-15-9-16-24-51)29-33-59(63)68(66-47(5)37-44(2)38-48(66)6)60-34-30-56(42-64(60)70)52-25-17-10-18-26-52/h7-42H,1-6H3. The number of nitrogens with zero attached hydrogens (tertiary/aromatic N) is 2. The maximum Gasteiger partial charge on any atom is 0.332 e.